The monoisotopic (exact) mass is 705 g/mol. The predicted octanol–water partition coefficient (Wildman–Crippen LogP) is 7.78. The van der Waals surface area contributed by atoms with Gasteiger partial charge in [0.25, 0.3) is 11.8 Å². The van der Waals surface area contributed by atoms with Gasteiger partial charge in [-0.05, 0) is 60.5 Å². The Balaban J connectivity index is 1.42. The Morgan fingerprint density at radius 2 is 1.70 bits per heavy atom. The number of nitrogens with zero attached hydrogens (tertiary/aromatic N) is 2. The Hall–Kier alpha value is -5.71. The highest BCUT2D eigenvalue weighted by atomic mass is 35.5. The summed E-state index contributed by atoms with van der Waals surface area (Å²) in [5, 5.41) is 3.44. The van der Waals surface area contributed by atoms with Crippen molar-refractivity contribution in [3.63, 3.8) is 0 Å². The van der Waals surface area contributed by atoms with Crippen LogP contribution in [0.5, 0.6) is 0 Å². The fourth-order valence-electron chi connectivity index (χ4n) is 5.07. The Morgan fingerprint density at radius 3 is 2.32 bits per heavy atom. The lowest BCUT2D eigenvalue weighted by atomic mass is 9.99. The maximum Gasteiger partial charge on any atom is 0.337 e. The van der Waals surface area contributed by atoms with Crippen LogP contribution in [0.15, 0.2) is 143 Å². The molecule has 50 heavy (non-hydrogen) atoms. The van der Waals surface area contributed by atoms with Gasteiger partial charge in [-0.1, -0.05) is 109 Å². The third kappa shape index (κ3) is 8.28. The zero-order chi connectivity index (χ0) is 35.6. The number of ether oxygens (including phenoxy) is 1. The molecule has 0 unspecified atom stereocenters. The van der Waals surface area contributed by atoms with E-state index in [1.807, 2.05) is 60.7 Å². The topological polar surface area (TPSA) is 118 Å². The lowest BCUT2D eigenvalue weighted by Gasteiger charge is -2.28. The maximum atomic E-state index is 14.0. The number of amides is 3. The predicted molar refractivity (Wildman–Crippen MR) is 196 cm³/mol. The first-order valence-electron chi connectivity index (χ1n) is 15.4. The minimum atomic E-state index is -0.799. The molecule has 1 aliphatic heterocycles. The van der Waals surface area contributed by atoms with Crippen molar-refractivity contribution < 1.29 is 28.3 Å². The van der Waals surface area contributed by atoms with Gasteiger partial charge in [-0.15, -0.1) is 0 Å². The molecule has 252 valence electrons. The number of allylic oxidation sites excluding steroid dienone is 4. The number of benzene rings is 3. The first-order valence-corrected chi connectivity index (χ1v) is 16.7. The standard InChI is InChI=1S/C39H32ClN3O6S/c1-4-6-17-28(5-2)43-37(46)31(23-29-19-21-33(49-29)30-22-27(38(47)48-3)18-20-32(30)40)36(45)42-39(43)50-24-34(44)41-35(25-13-9-7-10-14-25)26-15-11-8-12-16-26/h4-23,35H,1,24H2,2-3H3,(H,41,44)/b17-6-,28-5+,31-23+. The molecule has 4 aromatic rings. The molecule has 0 aliphatic carbocycles. The van der Waals surface area contributed by atoms with Crippen LogP contribution in [0.1, 0.15) is 40.2 Å². The molecule has 0 atom stereocenters. The average molecular weight is 706 g/mol. The van der Waals surface area contributed by atoms with Crippen LogP contribution in [-0.4, -0.2) is 46.6 Å². The number of rotatable bonds is 11. The van der Waals surface area contributed by atoms with E-state index < -0.39 is 23.8 Å². The molecule has 0 radical (unpaired) electrons. The first-order chi connectivity index (χ1) is 24.2. The van der Waals surface area contributed by atoms with Crippen LogP contribution in [0, 0.1) is 0 Å². The molecular formula is C39H32ClN3O6S. The summed E-state index contributed by atoms with van der Waals surface area (Å²) in [7, 11) is 1.27. The number of hydrogen-bond donors (Lipinski definition) is 1. The number of furan rings is 1. The van der Waals surface area contributed by atoms with E-state index in [9.17, 15) is 19.2 Å². The van der Waals surface area contributed by atoms with Crippen molar-refractivity contribution in [2.75, 3.05) is 12.9 Å². The summed E-state index contributed by atoms with van der Waals surface area (Å²) >= 11 is 7.35. The minimum absolute atomic E-state index is 0.0385. The molecule has 0 saturated heterocycles. The molecule has 0 spiro atoms. The Bertz CT molecular complexity index is 2010. The van der Waals surface area contributed by atoms with E-state index in [0.29, 0.717) is 22.0 Å². The van der Waals surface area contributed by atoms with Crippen LogP contribution in [0.3, 0.4) is 0 Å². The second kappa shape index (κ2) is 16.6. The zero-order valence-corrected chi connectivity index (χ0v) is 28.7. The van der Waals surface area contributed by atoms with Crippen LogP contribution in [0.25, 0.3) is 17.4 Å². The third-order valence-corrected chi connectivity index (χ3v) is 8.75. The van der Waals surface area contributed by atoms with Gasteiger partial charge in [0.05, 0.1) is 29.5 Å². The van der Waals surface area contributed by atoms with Crippen molar-refractivity contribution in [2.45, 2.75) is 13.0 Å². The van der Waals surface area contributed by atoms with E-state index >= 15 is 0 Å². The quantitative estimate of drug-likeness (QED) is 0.0733. The van der Waals surface area contributed by atoms with Gasteiger partial charge >= 0.3 is 5.97 Å². The van der Waals surface area contributed by atoms with Crippen LogP contribution in [-0.2, 0) is 19.1 Å². The first kappa shape index (κ1) is 35.6. The van der Waals surface area contributed by atoms with Crippen molar-refractivity contribution in [3.05, 3.63) is 161 Å². The van der Waals surface area contributed by atoms with Crippen LogP contribution in [0.4, 0.5) is 0 Å². The van der Waals surface area contributed by atoms with Gasteiger partial charge in [0, 0.05) is 11.3 Å². The molecule has 3 aromatic carbocycles. The molecule has 1 aromatic heterocycles. The maximum absolute atomic E-state index is 14.0. The molecule has 0 saturated carbocycles. The van der Waals surface area contributed by atoms with Gasteiger partial charge < -0.3 is 14.5 Å². The highest BCUT2D eigenvalue weighted by molar-refractivity contribution is 8.14. The lowest BCUT2D eigenvalue weighted by Crippen LogP contribution is -2.42. The van der Waals surface area contributed by atoms with Gasteiger partial charge in [-0.3, -0.25) is 19.3 Å². The SMILES string of the molecule is C=C/C=C\C(=C/C)N1C(=O)/C(=C/c2ccc(-c3cc(C(=O)OC)ccc3Cl)o2)C(=O)N=C1SCC(=O)NC(c1ccccc1)c1ccccc1. The fourth-order valence-corrected chi connectivity index (χ4v) is 6.09. The smallest absolute Gasteiger partial charge is 0.337 e. The Labute approximate surface area is 298 Å². The molecule has 3 amide bonds. The molecule has 5 rings (SSSR count). The number of carbonyl (C=O) groups is 4. The van der Waals surface area contributed by atoms with Gasteiger partial charge in [0.15, 0.2) is 5.17 Å². The van der Waals surface area contributed by atoms with Crippen LogP contribution < -0.4 is 5.32 Å². The highest BCUT2D eigenvalue weighted by Crippen LogP contribution is 2.32. The van der Waals surface area contributed by atoms with Crippen molar-refractivity contribution in [1.82, 2.24) is 10.2 Å². The average Bonchev–Trinajstić information content (AvgIpc) is 3.61. The lowest BCUT2D eigenvalue weighted by molar-refractivity contribution is -0.126. The largest absolute Gasteiger partial charge is 0.465 e. The number of thioether (sulfide) groups is 1. The number of halogens is 1. The second-order valence-corrected chi connectivity index (χ2v) is 12.1. The fraction of sp³-hybridized carbons (Fsp3) is 0.103. The Morgan fingerprint density at radius 1 is 1.02 bits per heavy atom. The number of nitrogens with one attached hydrogen (secondary N) is 1. The van der Waals surface area contributed by atoms with Crippen molar-refractivity contribution in [3.8, 4) is 11.3 Å². The van der Waals surface area contributed by atoms with Crippen molar-refractivity contribution >= 4 is 58.3 Å². The number of esters is 1. The molecule has 1 aliphatic rings. The number of carbonyl (C=O) groups excluding carboxylic acids is 4. The summed E-state index contributed by atoms with van der Waals surface area (Å²) in [6.07, 6.45) is 7.83. The second-order valence-electron chi connectivity index (χ2n) is 10.7. The van der Waals surface area contributed by atoms with Gasteiger partial charge in [0.1, 0.15) is 17.1 Å². The molecule has 1 N–H and O–H groups in total. The van der Waals surface area contributed by atoms with E-state index in [0.717, 1.165) is 22.9 Å². The normalized spacial score (nSPS) is 14.3. The summed E-state index contributed by atoms with van der Waals surface area (Å²) in [5.74, 6) is -1.97. The molecule has 0 fully saturated rings. The molecule has 9 nitrogen and oxygen atoms in total. The van der Waals surface area contributed by atoms with E-state index in [4.69, 9.17) is 20.8 Å². The van der Waals surface area contributed by atoms with E-state index in [1.54, 1.807) is 49.4 Å². The number of methoxy groups -OCH3 is 1. The highest BCUT2D eigenvalue weighted by Gasteiger charge is 2.35. The van der Waals surface area contributed by atoms with Crippen molar-refractivity contribution in [2.24, 2.45) is 4.99 Å². The summed E-state index contributed by atoms with van der Waals surface area (Å²) in [6.45, 7) is 5.44. The van der Waals surface area contributed by atoms with E-state index in [-0.39, 0.29) is 33.7 Å². The van der Waals surface area contributed by atoms with Gasteiger partial charge in [-0.2, -0.15) is 4.99 Å². The van der Waals surface area contributed by atoms with E-state index in [2.05, 4.69) is 16.9 Å². The summed E-state index contributed by atoms with van der Waals surface area (Å²) in [6, 6.07) is 26.5. The Kier molecular flexibility index (Phi) is 11.8. The van der Waals surface area contributed by atoms with Crippen LogP contribution in [0.2, 0.25) is 5.02 Å². The number of amidine groups is 1. The number of hydrogen-bond acceptors (Lipinski definition) is 7. The third-order valence-electron chi connectivity index (χ3n) is 7.48. The van der Waals surface area contributed by atoms with Crippen molar-refractivity contribution in [1.29, 1.82) is 0 Å². The zero-order valence-electron chi connectivity index (χ0n) is 27.2. The van der Waals surface area contributed by atoms with Crippen LogP contribution >= 0.6 is 23.4 Å². The minimum Gasteiger partial charge on any atom is -0.465 e. The van der Waals surface area contributed by atoms with Gasteiger partial charge in [0.2, 0.25) is 5.91 Å². The van der Waals surface area contributed by atoms with E-state index in [1.165, 1.54) is 30.2 Å². The molecule has 0 bridgehead atoms. The summed E-state index contributed by atoms with van der Waals surface area (Å²) in [5.41, 5.74) is 2.65. The summed E-state index contributed by atoms with van der Waals surface area (Å²) < 4.78 is 10.7. The van der Waals surface area contributed by atoms with Gasteiger partial charge in [-0.25, -0.2) is 4.79 Å². The summed E-state index contributed by atoms with van der Waals surface area (Å²) in [4.78, 5) is 58.3. The molecular weight excluding hydrogens is 674 g/mol. The molecule has 11 heteroatoms. The number of aliphatic imine (C=N–C) groups is 1. The molecule has 2 heterocycles.